The molecule has 200 valence electrons. The van der Waals surface area contributed by atoms with Gasteiger partial charge in [-0.3, -0.25) is 0 Å². The molecule has 0 fully saturated rings. The highest BCUT2D eigenvalue weighted by Crippen LogP contribution is 2.43. The van der Waals surface area contributed by atoms with Crippen LogP contribution in [0.15, 0.2) is 158 Å². The zero-order valence-electron chi connectivity index (χ0n) is 23.2. The minimum absolute atomic E-state index is 0.300. The van der Waals surface area contributed by atoms with Gasteiger partial charge in [0.05, 0.1) is 16.7 Å². The molecular formula is C40H30N2. The first kappa shape index (κ1) is 24.5. The Morgan fingerprint density at radius 2 is 1.36 bits per heavy atom. The highest BCUT2D eigenvalue weighted by Gasteiger charge is 2.22. The number of allylic oxidation sites excluding steroid dienone is 4. The lowest BCUT2D eigenvalue weighted by molar-refractivity contribution is 0.857. The van der Waals surface area contributed by atoms with Gasteiger partial charge in [-0.1, -0.05) is 127 Å². The van der Waals surface area contributed by atoms with Crippen LogP contribution in [-0.2, 0) is 0 Å². The third kappa shape index (κ3) is 4.20. The minimum atomic E-state index is 0.300. The molecule has 0 bridgehead atoms. The maximum absolute atomic E-state index is 3.93. The van der Waals surface area contributed by atoms with E-state index in [4.69, 9.17) is 0 Å². The SMILES string of the molecule is C1=CCC(c2ccc3c4ccccc4n(-c4ccc(-c5ccccc5)cc4)c3c2Nc2ccc3ccccc3c2)C=C1. The van der Waals surface area contributed by atoms with Gasteiger partial charge in [0.25, 0.3) is 0 Å². The topological polar surface area (TPSA) is 17.0 Å². The van der Waals surface area contributed by atoms with Crippen molar-refractivity contribution in [3.63, 3.8) is 0 Å². The van der Waals surface area contributed by atoms with Crippen LogP contribution in [0.2, 0.25) is 0 Å². The van der Waals surface area contributed by atoms with Gasteiger partial charge in [0.2, 0.25) is 0 Å². The first-order valence-corrected chi connectivity index (χ1v) is 14.6. The van der Waals surface area contributed by atoms with E-state index in [1.807, 2.05) is 0 Å². The molecule has 8 rings (SSSR count). The van der Waals surface area contributed by atoms with Crippen molar-refractivity contribution in [3.05, 3.63) is 163 Å². The molecule has 0 saturated heterocycles. The Morgan fingerprint density at radius 1 is 0.595 bits per heavy atom. The molecule has 1 aliphatic carbocycles. The molecule has 6 aromatic carbocycles. The van der Waals surface area contributed by atoms with E-state index in [1.165, 1.54) is 49.3 Å². The maximum atomic E-state index is 3.93. The fraction of sp³-hybridized carbons (Fsp3) is 0.0500. The summed E-state index contributed by atoms with van der Waals surface area (Å²) in [6, 6.07) is 48.2. The Balaban J connectivity index is 1.38. The first-order chi connectivity index (χ1) is 20.8. The third-order valence-electron chi connectivity index (χ3n) is 8.50. The zero-order chi connectivity index (χ0) is 27.9. The van der Waals surface area contributed by atoms with Crippen LogP contribution >= 0.6 is 0 Å². The summed E-state index contributed by atoms with van der Waals surface area (Å²) < 4.78 is 2.44. The lowest BCUT2D eigenvalue weighted by Crippen LogP contribution is -2.05. The van der Waals surface area contributed by atoms with Gasteiger partial charge < -0.3 is 9.88 Å². The second kappa shape index (κ2) is 10.2. The van der Waals surface area contributed by atoms with Crippen molar-refractivity contribution in [3.8, 4) is 16.8 Å². The summed E-state index contributed by atoms with van der Waals surface area (Å²) in [5.74, 6) is 0.300. The number of para-hydroxylation sites is 1. The molecule has 1 atom stereocenters. The van der Waals surface area contributed by atoms with Gasteiger partial charge >= 0.3 is 0 Å². The van der Waals surface area contributed by atoms with E-state index in [9.17, 15) is 0 Å². The zero-order valence-corrected chi connectivity index (χ0v) is 23.2. The lowest BCUT2D eigenvalue weighted by Gasteiger charge is -2.22. The Labute approximate surface area is 245 Å². The summed E-state index contributed by atoms with van der Waals surface area (Å²) >= 11 is 0. The van der Waals surface area contributed by atoms with E-state index < -0.39 is 0 Å². The summed E-state index contributed by atoms with van der Waals surface area (Å²) in [6.45, 7) is 0. The highest BCUT2D eigenvalue weighted by atomic mass is 15.0. The van der Waals surface area contributed by atoms with E-state index in [1.54, 1.807) is 0 Å². The van der Waals surface area contributed by atoms with Crippen molar-refractivity contribution in [2.75, 3.05) is 5.32 Å². The number of rotatable bonds is 5. The predicted octanol–water partition coefficient (Wildman–Crippen LogP) is 10.9. The van der Waals surface area contributed by atoms with Gasteiger partial charge in [-0.05, 0) is 64.2 Å². The molecule has 42 heavy (non-hydrogen) atoms. The van der Waals surface area contributed by atoms with Crippen molar-refractivity contribution in [2.45, 2.75) is 12.3 Å². The highest BCUT2D eigenvalue weighted by molar-refractivity contribution is 6.14. The van der Waals surface area contributed by atoms with Crippen molar-refractivity contribution < 1.29 is 0 Å². The Kier molecular flexibility index (Phi) is 5.97. The molecule has 0 amide bonds. The number of hydrogen-bond donors (Lipinski definition) is 1. The minimum Gasteiger partial charge on any atom is -0.354 e. The van der Waals surface area contributed by atoms with Crippen LogP contribution in [-0.4, -0.2) is 4.57 Å². The Hall–Kier alpha value is -5.34. The summed E-state index contributed by atoms with van der Waals surface area (Å²) in [5.41, 5.74) is 9.57. The van der Waals surface area contributed by atoms with E-state index in [0.29, 0.717) is 5.92 Å². The van der Waals surface area contributed by atoms with E-state index in [2.05, 4.69) is 168 Å². The quantitative estimate of drug-likeness (QED) is 0.231. The Morgan fingerprint density at radius 3 is 2.19 bits per heavy atom. The summed E-state index contributed by atoms with van der Waals surface area (Å²) in [7, 11) is 0. The second-order valence-electron chi connectivity index (χ2n) is 11.0. The number of anilines is 2. The molecule has 1 aliphatic rings. The van der Waals surface area contributed by atoms with Crippen molar-refractivity contribution in [1.82, 2.24) is 4.57 Å². The molecule has 1 heterocycles. The van der Waals surface area contributed by atoms with Gasteiger partial charge in [-0.2, -0.15) is 0 Å². The Bertz CT molecular complexity index is 2130. The molecule has 2 heteroatoms. The number of fused-ring (bicyclic) bond motifs is 4. The fourth-order valence-electron chi connectivity index (χ4n) is 6.44. The van der Waals surface area contributed by atoms with E-state index >= 15 is 0 Å². The predicted molar refractivity (Wildman–Crippen MR) is 179 cm³/mol. The number of aromatic nitrogens is 1. The van der Waals surface area contributed by atoms with Crippen LogP contribution in [0.1, 0.15) is 17.9 Å². The monoisotopic (exact) mass is 538 g/mol. The largest absolute Gasteiger partial charge is 0.354 e. The standard InChI is InChI=1S/C40H30N2/c1-3-11-28(12-4-1)30-20-23-34(24-21-30)42-38-18-10-9-17-36(38)37-26-25-35(31-14-5-2-6-15-31)39(40(37)42)41-33-22-19-29-13-7-8-16-32(29)27-33/h1-14,16-27,31,41H,15H2. The molecule has 0 saturated carbocycles. The van der Waals surface area contributed by atoms with Crippen molar-refractivity contribution in [1.29, 1.82) is 0 Å². The molecule has 2 nitrogen and oxygen atoms in total. The molecular weight excluding hydrogens is 508 g/mol. The van der Waals surface area contributed by atoms with Crippen LogP contribution in [0.3, 0.4) is 0 Å². The summed E-state index contributed by atoms with van der Waals surface area (Å²) in [5, 5.41) is 8.92. The molecule has 0 spiro atoms. The maximum Gasteiger partial charge on any atom is 0.0779 e. The molecule has 1 N–H and O–H groups in total. The van der Waals surface area contributed by atoms with Crippen LogP contribution in [0.25, 0.3) is 49.4 Å². The van der Waals surface area contributed by atoms with Crippen LogP contribution < -0.4 is 5.32 Å². The van der Waals surface area contributed by atoms with Gasteiger partial charge in [0.15, 0.2) is 0 Å². The molecule has 0 radical (unpaired) electrons. The van der Waals surface area contributed by atoms with Crippen LogP contribution in [0.4, 0.5) is 11.4 Å². The van der Waals surface area contributed by atoms with E-state index in [-0.39, 0.29) is 0 Å². The van der Waals surface area contributed by atoms with Gasteiger partial charge in [-0.25, -0.2) is 0 Å². The number of benzene rings is 6. The van der Waals surface area contributed by atoms with Gasteiger partial charge in [0.1, 0.15) is 0 Å². The fourth-order valence-corrected chi connectivity index (χ4v) is 6.44. The third-order valence-corrected chi connectivity index (χ3v) is 8.50. The second-order valence-corrected chi connectivity index (χ2v) is 11.0. The average molecular weight is 539 g/mol. The molecule has 1 aromatic heterocycles. The van der Waals surface area contributed by atoms with Crippen molar-refractivity contribution >= 4 is 44.0 Å². The van der Waals surface area contributed by atoms with Crippen LogP contribution in [0.5, 0.6) is 0 Å². The molecule has 7 aromatic rings. The number of nitrogens with zero attached hydrogens (tertiary/aromatic N) is 1. The number of nitrogens with one attached hydrogen (secondary N) is 1. The normalized spacial score (nSPS) is 14.6. The first-order valence-electron chi connectivity index (χ1n) is 14.6. The van der Waals surface area contributed by atoms with Crippen LogP contribution in [0, 0.1) is 0 Å². The van der Waals surface area contributed by atoms with Gasteiger partial charge in [0, 0.05) is 28.1 Å². The summed E-state index contributed by atoms with van der Waals surface area (Å²) in [4.78, 5) is 0. The summed E-state index contributed by atoms with van der Waals surface area (Å²) in [6.07, 6.45) is 9.91. The van der Waals surface area contributed by atoms with Crippen molar-refractivity contribution in [2.24, 2.45) is 0 Å². The smallest absolute Gasteiger partial charge is 0.0779 e. The lowest BCUT2D eigenvalue weighted by atomic mass is 9.90. The number of hydrogen-bond acceptors (Lipinski definition) is 1. The molecule has 0 aliphatic heterocycles. The average Bonchev–Trinajstić information content (AvgIpc) is 3.41. The van der Waals surface area contributed by atoms with E-state index in [0.717, 1.165) is 23.5 Å². The molecule has 1 unspecified atom stereocenters. The van der Waals surface area contributed by atoms with Gasteiger partial charge in [-0.15, -0.1) is 0 Å².